The topological polar surface area (TPSA) is 15.3 Å². The third kappa shape index (κ3) is 5.34. The number of rotatable bonds is 7. The maximum atomic E-state index is 3.47. The van der Waals surface area contributed by atoms with Crippen molar-refractivity contribution in [3.63, 3.8) is 0 Å². The molecule has 2 nitrogen and oxygen atoms in total. The molecule has 2 aliphatic rings. The third-order valence-corrected chi connectivity index (χ3v) is 12.6. The van der Waals surface area contributed by atoms with Crippen LogP contribution in [0.25, 0.3) is 55.3 Å². The fraction of sp³-hybridized carbons (Fsp3) is 0.0526. The number of hydrogen-bond acceptors (Lipinski definition) is 2. The molecular formula is C57H42N2. The van der Waals surface area contributed by atoms with E-state index in [-0.39, 0.29) is 0 Å². The SMILES string of the molecule is C/C=C/Nc1ccccc1-c1cc(-c2ccc(N(c3ccc4c(c3)C3(c5ccccc5-c5ccccc53)c3ccccc3-4)c3cccc4ccccc34)cc2)ccc1C. The standard InChI is InChI=1S/C57H42N2/c1-3-35-58-55-25-13-9-21-49(55)50-36-41(28-27-38(50)2)39-29-31-42(32-30-39)59(56-26-14-16-40-15-4-5-17-44(40)56)43-33-34-48-47-20-8-12-24-53(47)57(54(48)37-43)51-22-10-6-18-45(51)46-19-7-11-23-52(46)57/h3-37,58H,1-2H3/b35-3+. The summed E-state index contributed by atoms with van der Waals surface area (Å²) in [5, 5.41) is 5.90. The lowest BCUT2D eigenvalue weighted by molar-refractivity contribution is 0.793. The van der Waals surface area contributed by atoms with Crippen LogP contribution in [0.1, 0.15) is 34.7 Å². The number of aryl methyl sites for hydroxylation is 1. The average molecular weight is 755 g/mol. The second-order valence-corrected chi connectivity index (χ2v) is 15.7. The predicted molar refractivity (Wildman–Crippen MR) is 249 cm³/mol. The minimum absolute atomic E-state index is 0.423. The van der Waals surface area contributed by atoms with Crippen molar-refractivity contribution in [3.8, 4) is 44.5 Å². The van der Waals surface area contributed by atoms with E-state index in [1.54, 1.807) is 0 Å². The Balaban J connectivity index is 1.09. The highest BCUT2D eigenvalue weighted by Crippen LogP contribution is 2.63. The molecule has 9 aromatic carbocycles. The summed E-state index contributed by atoms with van der Waals surface area (Å²) in [5.74, 6) is 0. The molecule has 2 aliphatic carbocycles. The zero-order valence-corrected chi connectivity index (χ0v) is 33.2. The Morgan fingerprint density at radius 2 is 1.00 bits per heavy atom. The van der Waals surface area contributed by atoms with Crippen molar-refractivity contribution in [3.05, 3.63) is 240 Å². The summed E-state index contributed by atoms with van der Waals surface area (Å²) in [4.78, 5) is 2.46. The lowest BCUT2D eigenvalue weighted by Crippen LogP contribution is -2.26. The van der Waals surface area contributed by atoms with Gasteiger partial charge in [-0.25, -0.2) is 0 Å². The Kier molecular flexibility index (Phi) is 8.20. The molecule has 0 fully saturated rings. The predicted octanol–water partition coefficient (Wildman–Crippen LogP) is 15.2. The van der Waals surface area contributed by atoms with E-state index in [2.05, 4.69) is 217 Å². The van der Waals surface area contributed by atoms with E-state index in [9.17, 15) is 0 Å². The number of nitrogens with zero attached hydrogens (tertiary/aromatic N) is 1. The summed E-state index contributed by atoms with van der Waals surface area (Å²) < 4.78 is 0. The lowest BCUT2D eigenvalue weighted by Gasteiger charge is -2.32. The second kappa shape index (κ2) is 13.9. The second-order valence-electron chi connectivity index (χ2n) is 15.7. The summed E-state index contributed by atoms with van der Waals surface area (Å²) >= 11 is 0. The van der Waals surface area contributed by atoms with Gasteiger partial charge in [0.15, 0.2) is 0 Å². The van der Waals surface area contributed by atoms with Crippen molar-refractivity contribution in [1.82, 2.24) is 0 Å². The lowest BCUT2D eigenvalue weighted by atomic mass is 9.70. The van der Waals surface area contributed by atoms with E-state index < -0.39 is 5.41 Å². The largest absolute Gasteiger partial charge is 0.362 e. The maximum absolute atomic E-state index is 3.47. The van der Waals surface area contributed by atoms with Crippen molar-refractivity contribution in [2.75, 3.05) is 10.2 Å². The molecule has 0 radical (unpaired) electrons. The number of hydrogen-bond donors (Lipinski definition) is 1. The highest BCUT2D eigenvalue weighted by molar-refractivity contribution is 6.01. The van der Waals surface area contributed by atoms with Gasteiger partial charge in [0.25, 0.3) is 0 Å². The molecule has 280 valence electrons. The fourth-order valence-electron chi connectivity index (χ4n) is 9.96. The molecule has 0 amide bonds. The molecule has 1 spiro atoms. The molecule has 0 aliphatic heterocycles. The van der Waals surface area contributed by atoms with E-state index in [1.807, 2.05) is 19.2 Å². The molecule has 0 atom stereocenters. The van der Waals surface area contributed by atoms with Crippen LogP contribution in [0.3, 0.4) is 0 Å². The van der Waals surface area contributed by atoms with Crippen LogP contribution in [-0.4, -0.2) is 0 Å². The van der Waals surface area contributed by atoms with Gasteiger partial charge in [0, 0.05) is 28.0 Å². The van der Waals surface area contributed by atoms with Crippen molar-refractivity contribution in [2.24, 2.45) is 0 Å². The van der Waals surface area contributed by atoms with Gasteiger partial charge in [-0.2, -0.15) is 0 Å². The molecule has 0 bridgehead atoms. The van der Waals surface area contributed by atoms with Gasteiger partial charge in [-0.15, -0.1) is 0 Å². The zero-order valence-electron chi connectivity index (χ0n) is 33.2. The Bertz CT molecular complexity index is 3050. The number of benzene rings is 9. The molecule has 0 heterocycles. The molecule has 59 heavy (non-hydrogen) atoms. The molecule has 1 N–H and O–H groups in total. The highest BCUT2D eigenvalue weighted by atomic mass is 15.1. The van der Waals surface area contributed by atoms with Crippen LogP contribution in [-0.2, 0) is 5.41 Å². The van der Waals surface area contributed by atoms with Gasteiger partial charge in [0.1, 0.15) is 0 Å². The number of nitrogens with one attached hydrogen (secondary N) is 1. The van der Waals surface area contributed by atoms with Crippen molar-refractivity contribution in [1.29, 1.82) is 0 Å². The summed E-state index contributed by atoms with van der Waals surface area (Å²) in [6.45, 7) is 4.22. The zero-order chi connectivity index (χ0) is 39.5. The Hall–Kier alpha value is -7.42. The number of allylic oxidation sites excluding steroid dienone is 1. The van der Waals surface area contributed by atoms with E-state index in [0.717, 1.165) is 22.7 Å². The van der Waals surface area contributed by atoms with E-state index in [4.69, 9.17) is 0 Å². The third-order valence-electron chi connectivity index (χ3n) is 12.6. The normalized spacial score (nSPS) is 13.0. The smallest absolute Gasteiger partial charge is 0.0726 e. The van der Waals surface area contributed by atoms with Gasteiger partial charge in [-0.05, 0) is 135 Å². The molecule has 0 saturated carbocycles. The first-order valence-electron chi connectivity index (χ1n) is 20.5. The Morgan fingerprint density at radius 3 is 1.69 bits per heavy atom. The van der Waals surface area contributed by atoms with Crippen LogP contribution < -0.4 is 10.2 Å². The molecule has 0 unspecified atom stereocenters. The number of anilines is 4. The van der Waals surface area contributed by atoms with Crippen LogP contribution in [0.15, 0.2) is 212 Å². The van der Waals surface area contributed by atoms with Crippen LogP contribution in [0.2, 0.25) is 0 Å². The van der Waals surface area contributed by atoms with Gasteiger partial charge in [-0.1, -0.05) is 164 Å². The van der Waals surface area contributed by atoms with Gasteiger partial charge < -0.3 is 10.2 Å². The van der Waals surface area contributed by atoms with Gasteiger partial charge in [0.05, 0.1) is 11.1 Å². The highest BCUT2D eigenvalue weighted by Gasteiger charge is 2.51. The Labute approximate surface area is 346 Å². The van der Waals surface area contributed by atoms with Crippen LogP contribution in [0, 0.1) is 6.92 Å². The number of fused-ring (bicyclic) bond motifs is 11. The summed E-state index contributed by atoms with van der Waals surface area (Å²) in [5.41, 5.74) is 20.7. The average Bonchev–Trinajstić information content (AvgIpc) is 3.76. The molecule has 0 saturated heterocycles. The van der Waals surface area contributed by atoms with Gasteiger partial charge in [-0.3, -0.25) is 0 Å². The van der Waals surface area contributed by atoms with Gasteiger partial charge >= 0.3 is 0 Å². The maximum Gasteiger partial charge on any atom is 0.0726 e. The van der Waals surface area contributed by atoms with E-state index >= 15 is 0 Å². The minimum atomic E-state index is -0.423. The quantitative estimate of drug-likeness (QED) is 0.174. The monoisotopic (exact) mass is 754 g/mol. The van der Waals surface area contributed by atoms with Crippen molar-refractivity contribution < 1.29 is 0 Å². The van der Waals surface area contributed by atoms with E-state index in [1.165, 1.54) is 83.1 Å². The summed E-state index contributed by atoms with van der Waals surface area (Å²) in [6, 6.07) is 74.2. The fourth-order valence-corrected chi connectivity index (χ4v) is 9.96. The molecule has 2 heteroatoms. The van der Waals surface area contributed by atoms with Crippen LogP contribution in [0.5, 0.6) is 0 Å². The minimum Gasteiger partial charge on any atom is -0.362 e. The number of para-hydroxylation sites is 1. The van der Waals surface area contributed by atoms with E-state index in [0.29, 0.717) is 0 Å². The molecule has 9 aromatic rings. The summed E-state index contributed by atoms with van der Waals surface area (Å²) in [7, 11) is 0. The molecule has 11 rings (SSSR count). The molecule has 0 aromatic heterocycles. The Morgan fingerprint density at radius 1 is 0.441 bits per heavy atom. The first-order chi connectivity index (χ1) is 29.1. The molecular weight excluding hydrogens is 713 g/mol. The van der Waals surface area contributed by atoms with Crippen LogP contribution >= 0.6 is 0 Å². The van der Waals surface area contributed by atoms with Gasteiger partial charge in [0.2, 0.25) is 0 Å². The van der Waals surface area contributed by atoms with Crippen molar-refractivity contribution >= 4 is 33.5 Å². The van der Waals surface area contributed by atoms with Crippen LogP contribution in [0.4, 0.5) is 22.7 Å². The summed E-state index contributed by atoms with van der Waals surface area (Å²) in [6.07, 6.45) is 4.01. The van der Waals surface area contributed by atoms with Crippen molar-refractivity contribution in [2.45, 2.75) is 19.3 Å². The first-order valence-corrected chi connectivity index (χ1v) is 20.5. The first kappa shape index (κ1) is 34.8.